The molecule has 0 aliphatic carbocycles. The molecule has 0 radical (unpaired) electrons. The van der Waals surface area contributed by atoms with Crippen molar-refractivity contribution in [2.45, 2.75) is 12.5 Å². The van der Waals surface area contributed by atoms with Crippen molar-refractivity contribution < 1.29 is 9.57 Å². The fourth-order valence-corrected chi connectivity index (χ4v) is 2.11. The molecule has 1 aliphatic rings. The zero-order chi connectivity index (χ0) is 11.5. The van der Waals surface area contributed by atoms with E-state index in [0.717, 1.165) is 27.9 Å². The van der Waals surface area contributed by atoms with E-state index >= 15 is 0 Å². The van der Waals surface area contributed by atoms with Crippen molar-refractivity contribution in [3.63, 3.8) is 0 Å². The summed E-state index contributed by atoms with van der Waals surface area (Å²) >= 11 is 3.44. The predicted molar refractivity (Wildman–Crippen MR) is 65.8 cm³/mol. The normalized spacial score (nSPS) is 19.2. The molecule has 1 heterocycles. The van der Waals surface area contributed by atoms with E-state index in [1.165, 1.54) is 0 Å². The molecule has 5 heteroatoms. The van der Waals surface area contributed by atoms with Crippen LogP contribution >= 0.6 is 15.9 Å². The first-order chi connectivity index (χ1) is 7.74. The zero-order valence-corrected chi connectivity index (χ0v) is 10.5. The van der Waals surface area contributed by atoms with Crippen LogP contribution in [0.15, 0.2) is 27.8 Å². The molecule has 0 amide bonds. The van der Waals surface area contributed by atoms with Crippen molar-refractivity contribution in [2.24, 2.45) is 10.9 Å². The van der Waals surface area contributed by atoms with Crippen LogP contribution in [0, 0.1) is 0 Å². The maximum Gasteiger partial charge on any atom is 0.145 e. The number of nitrogens with zero attached hydrogens (tertiary/aromatic N) is 1. The third-order valence-corrected chi connectivity index (χ3v) is 3.10. The Morgan fingerprint density at radius 1 is 1.62 bits per heavy atom. The minimum atomic E-state index is 0.0101. The van der Waals surface area contributed by atoms with E-state index in [1.54, 1.807) is 7.11 Å². The number of rotatable bonds is 3. The van der Waals surface area contributed by atoms with Crippen LogP contribution in [-0.4, -0.2) is 25.5 Å². The smallest absolute Gasteiger partial charge is 0.145 e. The van der Waals surface area contributed by atoms with E-state index in [9.17, 15) is 0 Å². The molecule has 0 saturated carbocycles. The Morgan fingerprint density at radius 3 is 3.00 bits per heavy atom. The van der Waals surface area contributed by atoms with Gasteiger partial charge in [0.25, 0.3) is 0 Å². The third-order valence-electron chi connectivity index (χ3n) is 2.48. The van der Waals surface area contributed by atoms with Gasteiger partial charge in [-0.1, -0.05) is 5.16 Å². The lowest BCUT2D eigenvalue weighted by Gasteiger charge is -2.05. The van der Waals surface area contributed by atoms with Crippen LogP contribution in [0.4, 0.5) is 0 Å². The Hall–Kier alpha value is -1.07. The molecule has 16 heavy (non-hydrogen) atoms. The zero-order valence-electron chi connectivity index (χ0n) is 8.94. The van der Waals surface area contributed by atoms with Crippen LogP contribution in [0.1, 0.15) is 12.0 Å². The summed E-state index contributed by atoms with van der Waals surface area (Å²) in [5.41, 5.74) is 7.48. The Bertz CT molecular complexity index is 420. The van der Waals surface area contributed by atoms with E-state index in [4.69, 9.17) is 15.3 Å². The molecular weight excluding hydrogens is 272 g/mol. The number of halogens is 1. The molecule has 0 saturated heterocycles. The quantitative estimate of drug-likeness (QED) is 0.923. The highest BCUT2D eigenvalue weighted by Gasteiger charge is 2.21. The topological polar surface area (TPSA) is 56.8 Å². The number of hydrogen-bond acceptors (Lipinski definition) is 4. The van der Waals surface area contributed by atoms with Gasteiger partial charge in [-0.2, -0.15) is 0 Å². The molecule has 1 aliphatic heterocycles. The predicted octanol–water partition coefficient (Wildman–Crippen LogP) is 1.91. The molecule has 0 spiro atoms. The highest BCUT2D eigenvalue weighted by Crippen LogP contribution is 2.27. The lowest BCUT2D eigenvalue weighted by molar-refractivity contribution is 0.0918. The Labute approximate surface area is 103 Å². The molecule has 1 aromatic rings. The first kappa shape index (κ1) is 11.4. The van der Waals surface area contributed by atoms with Crippen LogP contribution in [0.5, 0.6) is 5.75 Å². The van der Waals surface area contributed by atoms with Crippen LogP contribution in [-0.2, 0) is 4.84 Å². The minimum absolute atomic E-state index is 0.0101. The van der Waals surface area contributed by atoms with E-state index in [1.807, 2.05) is 18.2 Å². The van der Waals surface area contributed by atoms with E-state index in [0.29, 0.717) is 6.54 Å². The fraction of sp³-hybridized carbons (Fsp3) is 0.364. The summed E-state index contributed by atoms with van der Waals surface area (Å²) in [5.74, 6) is 0.804. The van der Waals surface area contributed by atoms with Gasteiger partial charge in [-0.05, 0) is 34.1 Å². The molecule has 0 bridgehead atoms. The second-order valence-corrected chi connectivity index (χ2v) is 4.41. The SMILES string of the molecule is COc1ccc(C2=NOC(CN)C2)cc1Br. The maximum absolute atomic E-state index is 5.52. The van der Waals surface area contributed by atoms with Gasteiger partial charge in [-0.25, -0.2) is 0 Å². The van der Waals surface area contributed by atoms with Gasteiger partial charge >= 0.3 is 0 Å². The first-order valence-corrected chi connectivity index (χ1v) is 5.80. The Morgan fingerprint density at radius 2 is 2.44 bits per heavy atom. The van der Waals surface area contributed by atoms with Gasteiger partial charge in [0.2, 0.25) is 0 Å². The molecule has 2 rings (SSSR count). The summed E-state index contributed by atoms with van der Waals surface area (Å²) in [6.07, 6.45) is 0.769. The van der Waals surface area contributed by atoms with Crippen molar-refractivity contribution >= 4 is 21.6 Å². The van der Waals surface area contributed by atoms with E-state index in [2.05, 4.69) is 21.1 Å². The minimum Gasteiger partial charge on any atom is -0.496 e. The van der Waals surface area contributed by atoms with Gasteiger partial charge in [0.15, 0.2) is 0 Å². The molecule has 2 N–H and O–H groups in total. The van der Waals surface area contributed by atoms with E-state index < -0.39 is 0 Å². The lowest BCUT2D eigenvalue weighted by atomic mass is 10.1. The second kappa shape index (κ2) is 4.84. The molecule has 86 valence electrons. The van der Waals surface area contributed by atoms with Crippen molar-refractivity contribution in [3.8, 4) is 5.75 Å². The molecule has 4 nitrogen and oxygen atoms in total. The van der Waals surface area contributed by atoms with E-state index in [-0.39, 0.29) is 6.10 Å². The number of hydrogen-bond donors (Lipinski definition) is 1. The fourth-order valence-electron chi connectivity index (χ4n) is 1.57. The highest BCUT2D eigenvalue weighted by atomic mass is 79.9. The van der Waals surface area contributed by atoms with Crippen LogP contribution < -0.4 is 10.5 Å². The summed E-state index contributed by atoms with van der Waals surface area (Å²) in [6, 6.07) is 5.84. The van der Waals surface area contributed by atoms with Gasteiger partial charge in [0.1, 0.15) is 11.9 Å². The van der Waals surface area contributed by atoms with Gasteiger partial charge in [0.05, 0.1) is 17.3 Å². The van der Waals surface area contributed by atoms with Crippen LogP contribution in [0.25, 0.3) is 0 Å². The summed E-state index contributed by atoms with van der Waals surface area (Å²) < 4.78 is 6.08. The number of benzene rings is 1. The number of ether oxygens (including phenoxy) is 1. The van der Waals surface area contributed by atoms with Gasteiger partial charge < -0.3 is 15.3 Å². The molecule has 0 fully saturated rings. The molecule has 0 aromatic heterocycles. The van der Waals surface area contributed by atoms with Crippen LogP contribution in [0.3, 0.4) is 0 Å². The summed E-state index contributed by atoms with van der Waals surface area (Å²) in [7, 11) is 1.64. The van der Waals surface area contributed by atoms with Crippen LogP contribution in [0.2, 0.25) is 0 Å². The van der Waals surface area contributed by atoms with Gasteiger partial charge in [0, 0.05) is 18.5 Å². The average molecular weight is 285 g/mol. The maximum atomic E-state index is 5.52. The third kappa shape index (κ3) is 2.20. The molecule has 1 unspecified atom stereocenters. The standard InChI is InChI=1S/C11H13BrN2O2/c1-15-11-3-2-7(4-9(11)12)10-5-8(6-13)16-14-10/h2-4,8H,5-6,13H2,1H3. The molecule has 1 atom stereocenters. The second-order valence-electron chi connectivity index (χ2n) is 3.55. The Kier molecular flexibility index (Phi) is 3.46. The summed E-state index contributed by atoms with van der Waals surface area (Å²) in [6.45, 7) is 0.490. The van der Waals surface area contributed by atoms with Gasteiger partial charge in [-0.3, -0.25) is 0 Å². The largest absolute Gasteiger partial charge is 0.496 e. The molecule has 1 aromatic carbocycles. The van der Waals surface area contributed by atoms with Crippen molar-refractivity contribution in [3.05, 3.63) is 28.2 Å². The summed E-state index contributed by atoms with van der Waals surface area (Å²) in [4.78, 5) is 5.18. The number of oxime groups is 1. The highest BCUT2D eigenvalue weighted by molar-refractivity contribution is 9.10. The lowest BCUT2D eigenvalue weighted by Crippen LogP contribution is -2.20. The summed E-state index contributed by atoms with van der Waals surface area (Å²) in [5, 5.41) is 4.03. The van der Waals surface area contributed by atoms with Crippen molar-refractivity contribution in [1.29, 1.82) is 0 Å². The van der Waals surface area contributed by atoms with Crippen molar-refractivity contribution in [1.82, 2.24) is 0 Å². The first-order valence-electron chi connectivity index (χ1n) is 5.01. The number of nitrogens with two attached hydrogens (primary N) is 1. The monoisotopic (exact) mass is 284 g/mol. The number of methoxy groups -OCH3 is 1. The average Bonchev–Trinajstić information content (AvgIpc) is 2.77. The Balaban J connectivity index is 2.20. The van der Waals surface area contributed by atoms with Crippen molar-refractivity contribution in [2.75, 3.05) is 13.7 Å². The molecular formula is C11H13BrN2O2. The van der Waals surface area contributed by atoms with Gasteiger partial charge in [-0.15, -0.1) is 0 Å².